The van der Waals surface area contributed by atoms with Crippen LogP contribution in [0, 0.1) is 0 Å². The van der Waals surface area contributed by atoms with Gasteiger partial charge in [-0.05, 0) is 57.6 Å². The van der Waals surface area contributed by atoms with Gasteiger partial charge in [-0.15, -0.1) is 0 Å². The number of amides is 1. The minimum absolute atomic E-state index is 0.00556. The molecule has 2 aromatic heterocycles. The van der Waals surface area contributed by atoms with Crippen LogP contribution in [0.1, 0.15) is 19.8 Å². The first-order valence-corrected chi connectivity index (χ1v) is 9.60. The van der Waals surface area contributed by atoms with Crippen molar-refractivity contribution in [3.05, 3.63) is 59.3 Å². The molecule has 0 atom stereocenters. The molecule has 0 spiro atoms. The molecule has 26 heavy (non-hydrogen) atoms. The van der Waals surface area contributed by atoms with Gasteiger partial charge in [0.2, 0.25) is 5.91 Å². The maximum absolute atomic E-state index is 11.8. The van der Waals surface area contributed by atoms with Gasteiger partial charge in [0.15, 0.2) is 5.82 Å². The number of thiophene rings is 1. The first kappa shape index (κ1) is 16.5. The van der Waals surface area contributed by atoms with Gasteiger partial charge in [-0.1, -0.05) is 37.3 Å². The summed E-state index contributed by atoms with van der Waals surface area (Å²) in [5.74, 6) is 0.590. The van der Waals surface area contributed by atoms with Crippen molar-refractivity contribution < 1.29 is 4.79 Å². The molecule has 0 fully saturated rings. The maximum Gasteiger partial charge on any atom is 0.225 e. The molecule has 0 saturated heterocycles. The SMILES string of the molecule is CCCC(=O)Nc1n[nH]c2cc(-c3ccc(-c4ccsc4)cc3)ccc12. The summed E-state index contributed by atoms with van der Waals surface area (Å²) in [7, 11) is 0. The van der Waals surface area contributed by atoms with Crippen LogP contribution in [0.3, 0.4) is 0 Å². The second-order valence-electron chi connectivity index (χ2n) is 6.22. The van der Waals surface area contributed by atoms with Crippen LogP contribution >= 0.6 is 11.3 Å². The van der Waals surface area contributed by atoms with Crippen LogP contribution in [-0.2, 0) is 4.79 Å². The minimum Gasteiger partial charge on any atom is -0.309 e. The number of rotatable bonds is 5. The molecule has 2 N–H and O–H groups in total. The lowest BCUT2D eigenvalue weighted by Crippen LogP contribution is -2.10. The third-order valence-corrected chi connectivity index (χ3v) is 5.05. The van der Waals surface area contributed by atoms with Crippen molar-refractivity contribution in [1.29, 1.82) is 0 Å². The Balaban J connectivity index is 1.60. The molecule has 2 aromatic carbocycles. The average Bonchev–Trinajstić information content (AvgIpc) is 3.32. The summed E-state index contributed by atoms with van der Waals surface area (Å²) >= 11 is 1.70. The average molecular weight is 361 g/mol. The Bertz CT molecular complexity index is 1030. The van der Waals surface area contributed by atoms with Crippen LogP contribution in [-0.4, -0.2) is 16.1 Å². The van der Waals surface area contributed by atoms with Crippen LogP contribution in [0.2, 0.25) is 0 Å². The van der Waals surface area contributed by atoms with Crippen molar-refractivity contribution in [2.45, 2.75) is 19.8 Å². The molecule has 1 amide bonds. The number of aromatic nitrogens is 2. The highest BCUT2D eigenvalue weighted by molar-refractivity contribution is 7.08. The summed E-state index contributed by atoms with van der Waals surface area (Å²) in [6, 6.07) is 16.8. The van der Waals surface area contributed by atoms with Gasteiger partial charge in [0.05, 0.1) is 5.52 Å². The predicted molar refractivity (Wildman–Crippen MR) is 108 cm³/mol. The first-order chi connectivity index (χ1) is 12.7. The lowest BCUT2D eigenvalue weighted by Gasteiger charge is -2.05. The Hall–Kier alpha value is -2.92. The number of fused-ring (bicyclic) bond motifs is 1. The van der Waals surface area contributed by atoms with Gasteiger partial charge in [0, 0.05) is 11.8 Å². The van der Waals surface area contributed by atoms with E-state index in [4.69, 9.17) is 0 Å². The molecule has 0 saturated carbocycles. The zero-order valence-corrected chi connectivity index (χ0v) is 15.3. The van der Waals surface area contributed by atoms with E-state index in [1.807, 2.05) is 13.0 Å². The van der Waals surface area contributed by atoms with Crippen LogP contribution in [0.4, 0.5) is 5.82 Å². The van der Waals surface area contributed by atoms with E-state index >= 15 is 0 Å². The largest absolute Gasteiger partial charge is 0.309 e. The Labute approximate surface area is 155 Å². The van der Waals surface area contributed by atoms with Crippen LogP contribution in [0.15, 0.2) is 59.3 Å². The predicted octanol–water partition coefficient (Wildman–Crippen LogP) is 5.70. The highest BCUT2D eigenvalue weighted by atomic mass is 32.1. The fraction of sp³-hybridized carbons (Fsp3) is 0.143. The standard InChI is InChI=1S/C21H19N3OS/c1-2-3-20(25)22-21-18-9-8-16(12-19(18)23-24-21)14-4-6-15(7-5-14)17-10-11-26-13-17/h4-13H,2-3H2,1H3,(H2,22,23,24,25). The number of hydrogen-bond donors (Lipinski definition) is 2. The Kier molecular flexibility index (Phi) is 4.54. The molecule has 4 rings (SSSR count). The van der Waals surface area contributed by atoms with E-state index in [2.05, 4.69) is 68.7 Å². The summed E-state index contributed by atoms with van der Waals surface area (Å²) in [6.07, 6.45) is 1.32. The molecule has 4 aromatic rings. The number of aromatic amines is 1. The topological polar surface area (TPSA) is 57.8 Å². The zero-order chi connectivity index (χ0) is 17.9. The number of benzene rings is 2. The molecule has 130 valence electrons. The van der Waals surface area contributed by atoms with E-state index in [9.17, 15) is 4.79 Å². The monoisotopic (exact) mass is 361 g/mol. The quantitative estimate of drug-likeness (QED) is 0.479. The van der Waals surface area contributed by atoms with E-state index in [0.29, 0.717) is 12.2 Å². The Morgan fingerprint density at radius 1 is 1.04 bits per heavy atom. The van der Waals surface area contributed by atoms with E-state index < -0.39 is 0 Å². The van der Waals surface area contributed by atoms with E-state index in [-0.39, 0.29) is 5.91 Å². The summed E-state index contributed by atoms with van der Waals surface area (Å²) in [4.78, 5) is 11.8. The number of anilines is 1. The molecule has 0 aliphatic carbocycles. The van der Waals surface area contributed by atoms with E-state index in [1.165, 1.54) is 11.1 Å². The zero-order valence-electron chi connectivity index (χ0n) is 14.5. The van der Waals surface area contributed by atoms with Crippen molar-refractivity contribution >= 4 is 34.0 Å². The number of nitrogens with zero attached hydrogens (tertiary/aromatic N) is 1. The number of carbonyl (C=O) groups excluding carboxylic acids is 1. The normalized spacial score (nSPS) is 11.0. The molecular formula is C21H19N3OS. The van der Waals surface area contributed by atoms with Crippen molar-refractivity contribution in [1.82, 2.24) is 10.2 Å². The molecule has 0 unspecified atom stereocenters. The van der Waals surface area contributed by atoms with Gasteiger partial charge in [0.1, 0.15) is 0 Å². The number of nitrogens with one attached hydrogen (secondary N) is 2. The second kappa shape index (κ2) is 7.14. The van der Waals surface area contributed by atoms with Gasteiger partial charge in [-0.25, -0.2) is 0 Å². The Morgan fingerprint density at radius 2 is 1.77 bits per heavy atom. The van der Waals surface area contributed by atoms with Crippen molar-refractivity contribution in [3.8, 4) is 22.3 Å². The molecule has 2 heterocycles. The minimum atomic E-state index is -0.00556. The number of H-pyrrole nitrogens is 1. The summed E-state index contributed by atoms with van der Waals surface area (Å²) in [5.41, 5.74) is 5.65. The highest BCUT2D eigenvalue weighted by Crippen LogP contribution is 2.29. The van der Waals surface area contributed by atoms with Crippen molar-refractivity contribution in [2.24, 2.45) is 0 Å². The third-order valence-electron chi connectivity index (χ3n) is 4.37. The first-order valence-electron chi connectivity index (χ1n) is 8.65. The molecule has 0 aliphatic rings. The van der Waals surface area contributed by atoms with Crippen LogP contribution in [0.25, 0.3) is 33.2 Å². The van der Waals surface area contributed by atoms with Gasteiger partial charge < -0.3 is 5.32 Å². The van der Waals surface area contributed by atoms with Gasteiger partial charge in [-0.3, -0.25) is 9.89 Å². The lowest BCUT2D eigenvalue weighted by molar-refractivity contribution is -0.116. The van der Waals surface area contributed by atoms with E-state index in [1.54, 1.807) is 11.3 Å². The second-order valence-corrected chi connectivity index (χ2v) is 7.00. The Morgan fingerprint density at radius 3 is 2.46 bits per heavy atom. The smallest absolute Gasteiger partial charge is 0.225 e. The van der Waals surface area contributed by atoms with Crippen molar-refractivity contribution in [3.63, 3.8) is 0 Å². The summed E-state index contributed by atoms with van der Waals surface area (Å²) < 4.78 is 0. The fourth-order valence-corrected chi connectivity index (χ4v) is 3.66. The fourth-order valence-electron chi connectivity index (χ4n) is 3.00. The molecule has 0 radical (unpaired) electrons. The lowest BCUT2D eigenvalue weighted by atomic mass is 10.0. The van der Waals surface area contributed by atoms with Gasteiger partial charge in [0.25, 0.3) is 0 Å². The van der Waals surface area contributed by atoms with Crippen molar-refractivity contribution in [2.75, 3.05) is 5.32 Å². The van der Waals surface area contributed by atoms with Crippen LogP contribution in [0.5, 0.6) is 0 Å². The summed E-state index contributed by atoms with van der Waals surface area (Å²) in [5, 5.41) is 15.3. The third kappa shape index (κ3) is 3.26. The summed E-state index contributed by atoms with van der Waals surface area (Å²) in [6.45, 7) is 1.98. The van der Waals surface area contributed by atoms with Gasteiger partial charge in [-0.2, -0.15) is 16.4 Å². The molecule has 0 bridgehead atoms. The highest BCUT2D eigenvalue weighted by Gasteiger charge is 2.10. The molecule has 5 heteroatoms. The molecular weight excluding hydrogens is 342 g/mol. The molecule has 0 aliphatic heterocycles. The number of carbonyl (C=O) groups is 1. The van der Waals surface area contributed by atoms with Gasteiger partial charge >= 0.3 is 0 Å². The number of hydrogen-bond acceptors (Lipinski definition) is 3. The molecule has 4 nitrogen and oxygen atoms in total. The maximum atomic E-state index is 11.8. The van der Waals surface area contributed by atoms with Crippen LogP contribution < -0.4 is 5.32 Å². The van der Waals surface area contributed by atoms with E-state index in [0.717, 1.165) is 28.5 Å².